The molecule has 0 unspecified atom stereocenters. The first-order valence-corrected chi connectivity index (χ1v) is 25.8. The molecule has 7 rings (SSSR count). The van der Waals surface area contributed by atoms with Crippen LogP contribution in [0.1, 0.15) is 84.1 Å². The summed E-state index contributed by atoms with van der Waals surface area (Å²) in [4.78, 5) is 83.8. The zero-order valence-corrected chi connectivity index (χ0v) is 44.7. The van der Waals surface area contributed by atoms with E-state index in [0.29, 0.717) is 78.1 Å². The number of halogens is 3. The number of anilines is 1. The van der Waals surface area contributed by atoms with Crippen LogP contribution in [0.15, 0.2) is 53.7 Å². The number of nitrogens with zero attached hydrogens (tertiary/aromatic N) is 8. The SMILES string of the molecule is C=CC(=O)N1CC[C@H](C(=O)N(C)[C@H](C(=O)N[C@@H](Cc2ncc(-c3ccc4c(c3)c(CC(C)(C)COC(C)=O)c(-c3cc(N5CCN(C)CC5)cnc3[C@H](C)OC)n4CC(F)(F)F)o2)C(=O)N2CCCCN2)C(C)C)C1. The number of alkyl halides is 3. The molecule has 3 aliphatic rings. The molecule has 0 saturated carbocycles. The smallest absolute Gasteiger partial charge is 0.406 e. The van der Waals surface area contributed by atoms with E-state index >= 15 is 0 Å². The van der Waals surface area contributed by atoms with Crippen LogP contribution in [0.4, 0.5) is 18.9 Å². The molecule has 4 amide bonds. The van der Waals surface area contributed by atoms with Crippen molar-refractivity contribution in [2.45, 2.75) is 105 Å². The van der Waals surface area contributed by atoms with Crippen LogP contribution in [0.25, 0.3) is 33.5 Å². The number of esters is 1. The Morgan fingerprint density at radius 1 is 1.01 bits per heavy atom. The van der Waals surface area contributed by atoms with Gasteiger partial charge < -0.3 is 43.4 Å². The third-order valence-corrected chi connectivity index (χ3v) is 14.5. The van der Waals surface area contributed by atoms with Crippen LogP contribution in [0.2, 0.25) is 0 Å². The van der Waals surface area contributed by atoms with Gasteiger partial charge in [-0.25, -0.2) is 10.4 Å². The van der Waals surface area contributed by atoms with Crippen molar-refractivity contribution >= 4 is 46.2 Å². The van der Waals surface area contributed by atoms with Gasteiger partial charge >= 0.3 is 12.1 Å². The van der Waals surface area contributed by atoms with Gasteiger partial charge in [0.1, 0.15) is 18.6 Å². The number of nitrogens with one attached hydrogen (secondary N) is 2. The van der Waals surface area contributed by atoms with Crippen molar-refractivity contribution in [1.82, 2.24) is 45.0 Å². The number of hydrogen-bond donors (Lipinski definition) is 2. The van der Waals surface area contributed by atoms with Gasteiger partial charge in [-0.2, -0.15) is 13.2 Å². The van der Waals surface area contributed by atoms with Gasteiger partial charge in [-0.3, -0.25) is 34.0 Å². The molecule has 6 heterocycles. The monoisotopic (exact) mass is 1050 g/mol. The van der Waals surface area contributed by atoms with Crippen molar-refractivity contribution in [2.75, 3.05) is 85.1 Å². The number of benzene rings is 1. The summed E-state index contributed by atoms with van der Waals surface area (Å²) in [5.41, 5.74) is 5.70. The summed E-state index contributed by atoms with van der Waals surface area (Å²) in [5.74, 6) is -2.55. The molecule has 75 heavy (non-hydrogen) atoms. The van der Waals surface area contributed by atoms with Crippen LogP contribution in [0.5, 0.6) is 0 Å². The maximum Gasteiger partial charge on any atom is 0.406 e. The average Bonchev–Trinajstić information content (AvgIpc) is 4.13. The number of likely N-dealkylation sites (N-methyl/N-ethyl adjacent to an activating group) is 2. The molecule has 4 aromatic rings. The summed E-state index contributed by atoms with van der Waals surface area (Å²) >= 11 is 0. The number of likely N-dealkylation sites (tertiary alicyclic amines) is 1. The van der Waals surface area contributed by atoms with E-state index in [4.69, 9.17) is 18.9 Å². The molecule has 18 nitrogen and oxygen atoms in total. The number of methoxy groups -OCH3 is 1. The predicted molar refractivity (Wildman–Crippen MR) is 277 cm³/mol. The van der Waals surface area contributed by atoms with E-state index in [-0.39, 0.29) is 55.4 Å². The molecule has 2 N–H and O–H groups in total. The first-order chi connectivity index (χ1) is 35.5. The lowest BCUT2D eigenvalue weighted by Crippen LogP contribution is -2.59. The number of carbonyl (C=O) groups excluding carboxylic acids is 5. The Morgan fingerprint density at radius 2 is 1.75 bits per heavy atom. The highest BCUT2D eigenvalue weighted by molar-refractivity contribution is 5.96. The van der Waals surface area contributed by atoms with Gasteiger partial charge in [-0.05, 0) is 81.5 Å². The van der Waals surface area contributed by atoms with E-state index in [1.54, 1.807) is 43.3 Å². The van der Waals surface area contributed by atoms with Gasteiger partial charge in [0.2, 0.25) is 17.7 Å². The Kier molecular flexibility index (Phi) is 17.8. The fourth-order valence-corrected chi connectivity index (χ4v) is 10.4. The quantitative estimate of drug-likeness (QED) is 0.0802. The van der Waals surface area contributed by atoms with E-state index in [2.05, 4.69) is 32.1 Å². The van der Waals surface area contributed by atoms with Gasteiger partial charge in [-0.15, -0.1) is 0 Å². The fourth-order valence-electron chi connectivity index (χ4n) is 10.4. The predicted octanol–water partition coefficient (Wildman–Crippen LogP) is 6.18. The summed E-state index contributed by atoms with van der Waals surface area (Å²) in [5, 5.41) is 4.89. The standard InChI is InChI=1S/C54H73F3N10O8/c1-11-46(69)65-19-16-37(30-65)51(71)63(9)48(33(2)3)50(70)61-42(52(72)67-18-13-12-17-60-67)26-45-58-29-44(75-45)36-14-15-43-39(24-36)41(27-53(6,7)32-74-35(5)68)49(66(43)31-54(55,56)57)40-25-38(28-59-47(40)34(4)73-10)64-22-20-62(8)21-23-64/h11,14-15,24-25,28-29,33-34,37,42,48,60H,1,12-13,16-23,26-27,30-32H2,2-10H3,(H,61,70)/t34-,37-,42-,48-/m0/s1. The summed E-state index contributed by atoms with van der Waals surface area (Å²) in [7, 11) is 5.12. The van der Waals surface area contributed by atoms with Crippen LogP contribution in [0, 0.1) is 17.3 Å². The third kappa shape index (κ3) is 13.4. The summed E-state index contributed by atoms with van der Waals surface area (Å²) in [6, 6.07) is 4.80. The van der Waals surface area contributed by atoms with Crippen LogP contribution in [-0.2, 0) is 52.8 Å². The normalized spacial score (nSPS) is 18.0. The number of pyridine rings is 1. The van der Waals surface area contributed by atoms with E-state index in [1.165, 1.54) is 40.8 Å². The molecule has 1 aromatic carbocycles. The first kappa shape index (κ1) is 56.4. The summed E-state index contributed by atoms with van der Waals surface area (Å²) in [6.45, 7) is 17.3. The van der Waals surface area contributed by atoms with Crippen LogP contribution < -0.4 is 15.6 Å². The molecular formula is C54H73F3N10O8. The number of oxazole rings is 1. The second-order valence-corrected chi connectivity index (χ2v) is 21.3. The van der Waals surface area contributed by atoms with E-state index in [9.17, 15) is 37.1 Å². The second-order valence-electron chi connectivity index (χ2n) is 21.3. The summed E-state index contributed by atoms with van der Waals surface area (Å²) < 4.78 is 64.0. The van der Waals surface area contributed by atoms with Gasteiger partial charge in [0, 0.05) is 101 Å². The molecule has 4 atom stereocenters. The molecule has 3 aromatic heterocycles. The van der Waals surface area contributed by atoms with Crippen LogP contribution >= 0.6 is 0 Å². The number of carbonyl (C=O) groups is 5. The molecule has 0 radical (unpaired) electrons. The minimum Gasteiger partial charge on any atom is -0.465 e. The number of ether oxygens (including phenoxy) is 2. The molecule has 21 heteroatoms. The zero-order chi connectivity index (χ0) is 54.5. The number of fused-ring (bicyclic) bond motifs is 1. The van der Waals surface area contributed by atoms with Crippen molar-refractivity contribution in [3.05, 3.63) is 66.5 Å². The number of hydrazine groups is 1. The highest BCUT2D eigenvalue weighted by atomic mass is 19.4. The molecule has 3 saturated heterocycles. The van der Waals surface area contributed by atoms with Gasteiger partial charge in [0.05, 0.1) is 54.5 Å². The molecule has 0 spiro atoms. The molecule has 0 bridgehead atoms. The van der Waals surface area contributed by atoms with Crippen molar-refractivity contribution in [2.24, 2.45) is 17.3 Å². The van der Waals surface area contributed by atoms with Gasteiger partial charge in [0.25, 0.3) is 5.91 Å². The van der Waals surface area contributed by atoms with Gasteiger partial charge in [-0.1, -0.05) is 34.3 Å². The van der Waals surface area contributed by atoms with Gasteiger partial charge in [0.15, 0.2) is 11.7 Å². The lowest BCUT2D eigenvalue weighted by atomic mass is 9.84. The Morgan fingerprint density at radius 3 is 2.39 bits per heavy atom. The Bertz CT molecular complexity index is 2720. The topological polar surface area (TPSA) is 188 Å². The number of hydrogen-bond acceptors (Lipinski definition) is 13. The average molecular weight is 1050 g/mol. The highest BCUT2D eigenvalue weighted by Crippen LogP contribution is 2.44. The Balaban J connectivity index is 1.28. The third-order valence-electron chi connectivity index (χ3n) is 14.5. The lowest BCUT2D eigenvalue weighted by Gasteiger charge is -2.34. The molecular weight excluding hydrogens is 974 g/mol. The minimum absolute atomic E-state index is 0.00873. The summed E-state index contributed by atoms with van der Waals surface area (Å²) in [6.07, 6.45) is 1.23. The van der Waals surface area contributed by atoms with Crippen molar-refractivity contribution in [3.8, 4) is 22.6 Å². The largest absolute Gasteiger partial charge is 0.465 e. The number of amides is 4. The molecule has 408 valence electrons. The maximum absolute atomic E-state index is 15.0. The maximum atomic E-state index is 15.0. The Hall–Kier alpha value is -6.32. The van der Waals surface area contributed by atoms with E-state index in [0.717, 1.165) is 31.6 Å². The highest BCUT2D eigenvalue weighted by Gasteiger charge is 2.40. The van der Waals surface area contributed by atoms with Crippen molar-refractivity contribution in [3.63, 3.8) is 0 Å². The minimum atomic E-state index is -4.64. The van der Waals surface area contributed by atoms with Crippen molar-refractivity contribution < 1.29 is 51.0 Å². The van der Waals surface area contributed by atoms with Crippen LogP contribution in [0.3, 0.4) is 0 Å². The fraction of sp³-hybridized carbons (Fsp3) is 0.574. The van der Waals surface area contributed by atoms with E-state index in [1.807, 2.05) is 40.8 Å². The number of piperazine rings is 1. The Labute approximate surface area is 436 Å². The lowest BCUT2D eigenvalue weighted by molar-refractivity contribution is -0.146. The number of rotatable bonds is 19. The molecule has 3 aliphatic heterocycles. The first-order valence-electron chi connectivity index (χ1n) is 25.8. The second kappa shape index (κ2) is 23.7. The van der Waals surface area contributed by atoms with Crippen molar-refractivity contribution in [1.29, 1.82) is 0 Å². The zero-order valence-electron chi connectivity index (χ0n) is 44.7. The van der Waals surface area contributed by atoms with E-state index < -0.39 is 60.0 Å². The molecule has 0 aliphatic carbocycles. The van der Waals surface area contributed by atoms with Crippen LogP contribution in [-0.4, -0.2) is 162 Å². The molecule has 3 fully saturated rings. The number of aromatic nitrogens is 3.